The maximum Gasteiger partial charge on any atom is -0.00771 e. The Morgan fingerprint density at radius 3 is 2.32 bits per heavy atom. The van der Waals surface area contributed by atoms with Crippen LogP contribution in [0, 0.1) is 0 Å². The quantitative estimate of drug-likeness (QED) is 0.783. The van der Waals surface area contributed by atoms with Gasteiger partial charge in [-0.25, -0.2) is 0 Å². The summed E-state index contributed by atoms with van der Waals surface area (Å²) in [6.07, 6.45) is 4.68. The van der Waals surface area contributed by atoms with Crippen LogP contribution in [0.1, 0.15) is 76.5 Å². The Bertz CT molecular complexity index is 387. The highest BCUT2D eigenvalue weighted by Crippen LogP contribution is 2.32. The molecule has 0 aliphatic carbocycles. The standard InChI is InChI=1S/C18H31N/c1-6-14(9-8-12-19)17-13-16(18(3,4)5)11-10-15(17)7-2/h10-11,13-14H,6-9,12,19H2,1-5H3. The van der Waals surface area contributed by atoms with Crippen LogP contribution in [0.2, 0.25) is 0 Å². The average molecular weight is 261 g/mol. The molecule has 1 aromatic rings. The number of nitrogens with two attached hydrogens (primary N) is 1. The third-order valence-corrected chi connectivity index (χ3v) is 4.08. The van der Waals surface area contributed by atoms with Gasteiger partial charge in [-0.3, -0.25) is 0 Å². The number of benzene rings is 1. The van der Waals surface area contributed by atoms with Gasteiger partial charge in [0.2, 0.25) is 0 Å². The first kappa shape index (κ1) is 16.2. The summed E-state index contributed by atoms with van der Waals surface area (Å²) < 4.78 is 0. The molecule has 1 unspecified atom stereocenters. The van der Waals surface area contributed by atoms with Crippen molar-refractivity contribution >= 4 is 0 Å². The van der Waals surface area contributed by atoms with Gasteiger partial charge >= 0.3 is 0 Å². The van der Waals surface area contributed by atoms with Gasteiger partial charge in [0.25, 0.3) is 0 Å². The van der Waals surface area contributed by atoms with Crippen molar-refractivity contribution in [3.05, 3.63) is 34.9 Å². The zero-order valence-electron chi connectivity index (χ0n) is 13.4. The monoisotopic (exact) mass is 261 g/mol. The lowest BCUT2D eigenvalue weighted by molar-refractivity contribution is 0.564. The lowest BCUT2D eigenvalue weighted by Gasteiger charge is -2.24. The molecule has 0 aromatic heterocycles. The van der Waals surface area contributed by atoms with Crippen molar-refractivity contribution in [2.45, 2.75) is 71.6 Å². The zero-order chi connectivity index (χ0) is 14.5. The van der Waals surface area contributed by atoms with E-state index in [0.29, 0.717) is 5.92 Å². The third-order valence-electron chi connectivity index (χ3n) is 4.08. The zero-order valence-corrected chi connectivity index (χ0v) is 13.4. The predicted octanol–water partition coefficient (Wildman–Crippen LogP) is 4.78. The lowest BCUT2D eigenvalue weighted by atomic mass is 9.81. The molecule has 1 rings (SSSR count). The Morgan fingerprint density at radius 1 is 1.16 bits per heavy atom. The fourth-order valence-corrected chi connectivity index (χ4v) is 2.71. The Morgan fingerprint density at radius 2 is 1.84 bits per heavy atom. The van der Waals surface area contributed by atoms with Crippen LogP contribution in [0.4, 0.5) is 0 Å². The van der Waals surface area contributed by atoms with Crippen molar-refractivity contribution in [1.29, 1.82) is 0 Å². The average Bonchev–Trinajstić information content (AvgIpc) is 2.38. The van der Waals surface area contributed by atoms with Crippen molar-refractivity contribution in [3.8, 4) is 0 Å². The number of aryl methyl sites for hydroxylation is 1. The van der Waals surface area contributed by atoms with Crippen LogP contribution < -0.4 is 5.73 Å². The molecule has 0 saturated carbocycles. The van der Waals surface area contributed by atoms with Gasteiger partial charge in [-0.15, -0.1) is 0 Å². The smallest absolute Gasteiger partial charge is 0.00771 e. The molecule has 0 aliphatic rings. The minimum atomic E-state index is 0.229. The molecule has 0 radical (unpaired) electrons. The van der Waals surface area contributed by atoms with E-state index in [-0.39, 0.29) is 5.41 Å². The van der Waals surface area contributed by atoms with Gasteiger partial charge in [0.05, 0.1) is 0 Å². The third kappa shape index (κ3) is 4.35. The molecule has 0 aliphatic heterocycles. The summed E-state index contributed by atoms with van der Waals surface area (Å²) in [4.78, 5) is 0. The second-order valence-electron chi connectivity index (χ2n) is 6.55. The summed E-state index contributed by atoms with van der Waals surface area (Å²) >= 11 is 0. The van der Waals surface area contributed by atoms with Crippen LogP contribution >= 0.6 is 0 Å². The van der Waals surface area contributed by atoms with Crippen molar-refractivity contribution in [2.24, 2.45) is 5.73 Å². The highest BCUT2D eigenvalue weighted by Gasteiger charge is 2.18. The molecule has 1 heteroatoms. The molecule has 0 fully saturated rings. The van der Waals surface area contributed by atoms with E-state index in [1.165, 1.54) is 24.0 Å². The molecule has 108 valence electrons. The van der Waals surface area contributed by atoms with E-state index in [0.717, 1.165) is 19.4 Å². The van der Waals surface area contributed by atoms with E-state index in [2.05, 4.69) is 52.8 Å². The first-order valence-corrected chi connectivity index (χ1v) is 7.77. The molecule has 0 heterocycles. The van der Waals surface area contributed by atoms with Gasteiger partial charge in [0.1, 0.15) is 0 Å². The molecule has 1 atom stereocenters. The summed E-state index contributed by atoms with van der Waals surface area (Å²) in [5.41, 5.74) is 10.4. The molecular weight excluding hydrogens is 230 g/mol. The van der Waals surface area contributed by atoms with Crippen LogP contribution in [0.25, 0.3) is 0 Å². The van der Waals surface area contributed by atoms with Gasteiger partial charge in [-0.1, -0.05) is 52.8 Å². The molecule has 0 amide bonds. The summed E-state index contributed by atoms with van der Waals surface area (Å²) in [5.74, 6) is 0.667. The van der Waals surface area contributed by atoms with Gasteiger partial charge in [-0.05, 0) is 60.3 Å². The topological polar surface area (TPSA) is 26.0 Å². The van der Waals surface area contributed by atoms with Crippen LogP contribution in [-0.4, -0.2) is 6.54 Å². The maximum atomic E-state index is 5.68. The van der Waals surface area contributed by atoms with Crippen LogP contribution in [-0.2, 0) is 11.8 Å². The van der Waals surface area contributed by atoms with Crippen LogP contribution in [0.3, 0.4) is 0 Å². The molecule has 0 saturated heterocycles. The van der Waals surface area contributed by atoms with Crippen molar-refractivity contribution < 1.29 is 0 Å². The molecule has 1 nitrogen and oxygen atoms in total. The van der Waals surface area contributed by atoms with E-state index >= 15 is 0 Å². The summed E-state index contributed by atoms with van der Waals surface area (Å²) in [7, 11) is 0. The highest BCUT2D eigenvalue weighted by atomic mass is 14.5. The minimum Gasteiger partial charge on any atom is -0.330 e. The van der Waals surface area contributed by atoms with Gasteiger partial charge in [-0.2, -0.15) is 0 Å². The molecule has 0 bridgehead atoms. The summed E-state index contributed by atoms with van der Waals surface area (Å²) in [6, 6.07) is 7.09. The Kier molecular flexibility index (Phi) is 6.06. The second kappa shape index (κ2) is 7.09. The van der Waals surface area contributed by atoms with Gasteiger partial charge < -0.3 is 5.73 Å². The first-order chi connectivity index (χ1) is 8.93. The molecule has 2 N–H and O–H groups in total. The SMILES string of the molecule is CCc1ccc(C(C)(C)C)cc1C(CC)CCCN. The number of hydrogen-bond acceptors (Lipinski definition) is 1. The number of rotatable bonds is 6. The first-order valence-electron chi connectivity index (χ1n) is 7.77. The van der Waals surface area contributed by atoms with Crippen LogP contribution in [0.5, 0.6) is 0 Å². The van der Waals surface area contributed by atoms with Gasteiger partial charge in [0.15, 0.2) is 0 Å². The maximum absolute atomic E-state index is 5.68. The summed E-state index contributed by atoms with van der Waals surface area (Å²) in [5, 5.41) is 0. The van der Waals surface area contributed by atoms with Gasteiger partial charge in [0, 0.05) is 0 Å². The Balaban J connectivity index is 3.13. The lowest BCUT2D eigenvalue weighted by Crippen LogP contribution is -2.13. The Labute approximate surface area is 119 Å². The van der Waals surface area contributed by atoms with Crippen molar-refractivity contribution in [2.75, 3.05) is 6.54 Å². The summed E-state index contributed by atoms with van der Waals surface area (Å²) in [6.45, 7) is 12.2. The fraction of sp³-hybridized carbons (Fsp3) is 0.667. The molecule has 1 aromatic carbocycles. The van der Waals surface area contributed by atoms with E-state index < -0.39 is 0 Å². The fourth-order valence-electron chi connectivity index (χ4n) is 2.71. The van der Waals surface area contributed by atoms with Crippen LogP contribution in [0.15, 0.2) is 18.2 Å². The molecular formula is C18H31N. The minimum absolute atomic E-state index is 0.229. The normalized spacial score (nSPS) is 13.6. The Hall–Kier alpha value is -0.820. The van der Waals surface area contributed by atoms with Crippen molar-refractivity contribution in [3.63, 3.8) is 0 Å². The van der Waals surface area contributed by atoms with E-state index in [4.69, 9.17) is 5.73 Å². The molecule has 19 heavy (non-hydrogen) atoms. The molecule has 0 spiro atoms. The van der Waals surface area contributed by atoms with E-state index in [9.17, 15) is 0 Å². The predicted molar refractivity (Wildman–Crippen MR) is 85.8 cm³/mol. The second-order valence-corrected chi connectivity index (χ2v) is 6.55. The van der Waals surface area contributed by atoms with E-state index in [1.54, 1.807) is 5.56 Å². The highest BCUT2D eigenvalue weighted by molar-refractivity contribution is 5.37. The largest absolute Gasteiger partial charge is 0.330 e. The van der Waals surface area contributed by atoms with E-state index in [1.807, 2.05) is 0 Å². The van der Waals surface area contributed by atoms with Crippen molar-refractivity contribution in [1.82, 2.24) is 0 Å². The number of hydrogen-bond donors (Lipinski definition) is 1.